The van der Waals surface area contributed by atoms with E-state index >= 15 is 0 Å². The van der Waals surface area contributed by atoms with Gasteiger partial charge in [-0.2, -0.15) is 0 Å². The van der Waals surface area contributed by atoms with Crippen LogP contribution < -0.4 is 10.1 Å². The molecule has 0 aromatic heterocycles. The summed E-state index contributed by atoms with van der Waals surface area (Å²) in [5.74, 6) is -4.42. The zero-order chi connectivity index (χ0) is 35.9. The minimum atomic E-state index is -2.28. The number of ether oxygens (including phenoxy) is 7. The zero-order valence-corrected chi connectivity index (χ0v) is 29.1. The van der Waals surface area contributed by atoms with Gasteiger partial charge in [0.05, 0.1) is 48.7 Å². The van der Waals surface area contributed by atoms with Crippen LogP contribution in [-0.4, -0.2) is 115 Å². The van der Waals surface area contributed by atoms with E-state index in [0.29, 0.717) is 19.6 Å². The molecule has 2 aliphatic carbocycles. The van der Waals surface area contributed by atoms with Gasteiger partial charge >= 0.3 is 5.97 Å². The van der Waals surface area contributed by atoms with Gasteiger partial charge in [-0.1, -0.05) is 28.1 Å². The Morgan fingerprint density at radius 1 is 1.06 bits per heavy atom. The Labute approximate surface area is 295 Å². The van der Waals surface area contributed by atoms with E-state index < -0.39 is 108 Å². The number of fused-ring (bicyclic) bond motifs is 3. The first-order chi connectivity index (χ1) is 23.9. The highest BCUT2D eigenvalue weighted by Crippen LogP contribution is 2.52. The van der Waals surface area contributed by atoms with E-state index in [1.165, 1.54) is 32.4 Å². The number of aliphatic hydroxyl groups is 1. The molecule has 2 aromatic rings. The number of ketones is 3. The fourth-order valence-electron chi connectivity index (χ4n) is 7.01. The van der Waals surface area contributed by atoms with Crippen molar-refractivity contribution in [1.29, 1.82) is 0 Å². The fraction of sp³-hybridized carbons (Fsp3) is 0.529. The van der Waals surface area contributed by atoms with Crippen molar-refractivity contribution in [3.05, 3.63) is 51.6 Å². The summed E-state index contributed by atoms with van der Waals surface area (Å²) in [5.41, 5.74) is -3.62. The lowest BCUT2D eigenvalue weighted by molar-refractivity contribution is -0.281. The molecule has 2 heterocycles. The summed E-state index contributed by atoms with van der Waals surface area (Å²) in [6.45, 7) is 2.03. The van der Waals surface area contributed by atoms with Crippen molar-refractivity contribution in [3.63, 3.8) is 0 Å². The average molecular weight is 765 g/mol. The van der Waals surface area contributed by atoms with Crippen LogP contribution in [0.5, 0.6) is 17.2 Å². The van der Waals surface area contributed by atoms with Crippen LogP contribution in [-0.2, 0) is 44.4 Å². The largest absolute Gasteiger partial charge is 0.507 e. The molecule has 2 aromatic carbocycles. The van der Waals surface area contributed by atoms with Crippen LogP contribution in [0.1, 0.15) is 75.3 Å². The van der Waals surface area contributed by atoms with Crippen molar-refractivity contribution in [2.45, 2.75) is 75.3 Å². The predicted octanol–water partition coefficient (Wildman–Crippen LogP) is 1.95. The standard InChI is InChI=1S/C34H38BrNO14/c1-15-18(50-32-33(45-3)46-10-9-36-32)7-8-23(48-15)49-20-12-34(43,21(37)14-47-22(38)13-35)11-17-25(20)31(42)27-26(29(17)40)28(39)16-5-4-6-19(44-2)24(16)30(27)41/h4-6,15,18,20,23,32-33,36,40,42-43H,7-14H2,1-3H3/t15-,18-,20-,23-,32+,33-,34-/m0/s1. The number of rotatable bonds is 10. The molecule has 270 valence electrons. The van der Waals surface area contributed by atoms with Crippen molar-refractivity contribution in [1.82, 2.24) is 5.32 Å². The third kappa shape index (κ3) is 6.54. The van der Waals surface area contributed by atoms with Gasteiger partial charge in [0, 0.05) is 49.6 Å². The Morgan fingerprint density at radius 2 is 1.82 bits per heavy atom. The summed E-state index contributed by atoms with van der Waals surface area (Å²) >= 11 is 2.95. The molecular weight excluding hydrogens is 726 g/mol. The highest BCUT2D eigenvalue weighted by atomic mass is 79.9. The van der Waals surface area contributed by atoms with Crippen molar-refractivity contribution >= 4 is 39.2 Å². The van der Waals surface area contributed by atoms with Crippen LogP contribution in [0.3, 0.4) is 0 Å². The van der Waals surface area contributed by atoms with Gasteiger partial charge in [0.2, 0.25) is 11.6 Å². The topological polar surface area (TPSA) is 206 Å². The fourth-order valence-corrected chi connectivity index (χ4v) is 7.17. The molecule has 0 amide bonds. The predicted molar refractivity (Wildman–Crippen MR) is 173 cm³/mol. The molecule has 50 heavy (non-hydrogen) atoms. The summed E-state index contributed by atoms with van der Waals surface area (Å²) in [6, 6.07) is 4.40. The molecule has 2 fully saturated rings. The number of esters is 1. The summed E-state index contributed by atoms with van der Waals surface area (Å²) in [6.07, 6.45) is -4.66. The molecule has 16 heteroatoms. The summed E-state index contributed by atoms with van der Waals surface area (Å²) < 4.78 is 40.0. The van der Waals surface area contributed by atoms with Gasteiger partial charge in [0.15, 0.2) is 31.2 Å². The van der Waals surface area contributed by atoms with E-state index in [9.17, 15) is 34.5 Å². The number of Topliss-reactive ketones (excluding diaryl/α,β-unsaturated/α-hetero) is 1. The Balaban J connectivity index is 1.34. The number of carbonyl (C=O) groups is 4. The van der Waals surface area contributed by atoms with Crippen molar-refractivity contribution in [3.8, 4) is 17.2 Å². The molecule has 0 radical (unpaired) electrons. The molecule has 7 atom stereocenters. The highest BCUT2D eigenvalue weighted by molar-refractivity contribution is 9.09. The summed E-state index contributed by atoms with van der Waals surface area (Å²) in [7, 11) is 2.85. The second-order valence-corrected chi connectivity index (χ2v) is 13.1. The molecule has 0 bridgehead atoms. The van der Waals surface area contributed by atoms with Crippen LogP contribution in [0.15, 0.2) is 18.2 Å². The highest BCUT2D eigenvalue weighted by Gasteiger charge is 2.50. The number of aromatic hydroxyl groups is 2. The lowest BCUT2D eigenvalue weighted by atomic mass is 9.72. The molecule has 2 aliphatic heterocycles. The van der Waals surface area contributed by atoms with Crippen molar-refractivity contribution < 1.29 is 67.7 Å². The Morgan fingerprint density at radius 3 is 2.52 bits per heavy atom. The maximum Gasteiger partial charge on any atom is 0.316 e. The Bertz CT molecular complexity index is 1700. The molecule has 0 spiro atoms. The van der Waals surface area contributed by atoms with Gasteiger partial charge in [0.25, 0.3) is 0 Å². The molecule has 2 saturated heterocycles. The lowest BCUT2D eigenvalue weighted by Gasteiger charge is -2.42. The smallest absolute Gasteiger partial charge is 0.316 e. The van der Waals surface area contributed by atoms with Crippen LogP contribution in [0.4, 0.5) is 0 Å². The molecule has 15 nitrogen and oxygen atoms in total. The third-order valence-corrected chi connectivity index (χ3v) is 9.95. The van der Waals surface area contributed by atoms with Crippen molar-refractivity contribution in [2.75, 3.05) is 39.3 Å². The SMILES string of the molecule is COc1cccc2c1C(=O)c1c(O)c3c(c(O)c1C2=O)C[C@@](O)(C(=O)COC(=O)CBr)C[C@@H]3O[C@H]1CC[C@H](O[C@H]2NCCO[C@@H]2OC)[C@H](C)O1. The number of phenolic OH excluding ortho intramolecular Hbond substituents is 2. The van der Waals surface area contributed by atoms with E-state index in [1.807, 2.05) is 0 Å². The number of phenols is 2. The minimum Gasteiger partial charge on any atom is -0.507 e. The lowest BCUT2D eigenvalue weighted by Crippen LogP contribution is -2.54. The van der Waals surface area contributed by atoms with Gasteiger partial charge in [-0.3, -0.25) is 24.5 Å². The van der Waals surface area contributed by atoms with Crippen molar-refractivity contribution in [2.24, 2.45) is 0 Å². The summed E-state index contributed by atoms with van der Waals surface area (Å²) in [4.78, 5) is 52.9. The van der Waals surface area contributed by atoms with Crippen LogP contribution in [0.25, 0.3) is 0 Å². The van der Waals surface area contributed by atoms with E-state index in [0.717, 1.165) is 0 Å². The van der Waals surface area contributed by atoms with E-state index in [-0.39, 0.29) is 39.8 Å². The number of carbonyl (C=O) groups excluding carboxylic acids is 4. The van der Waals surface area contributed by atoms with Gasteiger partial charge in [-0.25, -0.2) is 0 Å². The van der Waals surface area contributed by atoms with Crippen LogP contribution >= 0.6 is 15.9 Å². The van der Waals surface area contributed by atoms with Gasteiger partial charge in [0.1, 0.15) is 28.2 Å². The van der Waals surface area contributed by atoms with Gasteiger partial charge in [-0.15, -0.1) is 0 Å². The number of halogens is 1. The maximum absolute atomic E-state index is 13.9. The van der Waals surface area contributed by atoms with Gasteiger partial charge < -0.3 is 48.5 Å². The number of methoxy groups -OCH3 is 2. The monoisotopic (exact) mass is 763 g/mol. The average Bonchev–Trinajstić information content (AvgIpc) is 3.11. The second-order valence-electron chi connectivity index (χ2n) is 12.5. The maximum atomic E-state index is 13.9. The Kier molecular flexibility index (Phi) is 10.6. The zero-order valence-electron chi connectivity index (χ0n) is 27.6. The van der Waals surface area contributed by atoms with E-state index in [1.54, 1.807) is 6.92 Å². The number of morpholine rings is 1. The number of nitrogens with one attached hydrogen (secondary N) is 1. The quantitative estimate of drug-likeness (QED) is 0.132. The molecule has 0 unspecified atom stereocenters. The van der Waals surface area contributed by atoms with Crippen LogP contribution in [0, 0.1) is 0 Å². The molecule has 6 rings (SSSR count). The molecule has 4 aliphatic rings. The first-order valence-electron chi connectivity index (χ1n) is 16.1. The second kappa shape index (κ2) is 14.6. The summed E-state index contributed by atoms with van der Waals surface area (Å²) in [5, 5.41) is 38.2. The number of alkyl halides is 1. The number of benzene rings is 2. The van der Waals surface area contributed by atoms with Crippen LogP contribution in [0.2, 0.25) is 0 Å². The first-order valence-corrected chi connectivity index (χ1v) is 17.2. The minimum absolute atomic E-state index is 0.0543. The normalized spacial score (nSPS) is 29.1. The number of hydrogen-bond acceptors (Lipinski definition) is 15. The third-order valence-electron chi connectivity index (χ3n) is 9.49. The van der Waals surface area contributed by atoms with E-state index in [4.69, 9.17) is 33.2 Å². The first kappa shape index (κ1) is 36.3. The van der Waals surface area contributed by atoms with E-state index in [2.05, 4.69) is 21.2 Å². The van der Waals surface area contributed by atoms with Gasteiger partial charge in [-0.05, 0) is 19.4 Å². The molecule has 4 N–H and O–H groups in total. The molecule has 0 saturated carbocycles. The number of hydrogen-bond donors (Lipinski definition) is 4. The molecular formula is C34H38BrNO14. The Hall–Kier alpha value is -3.48.